The number of nitrogen functional groups attached to an aromatic ring is 1. The Morgan fingerprint density at radius 1 is 0.981 bits per heavy atom. The van der Waals surface area contributed by atoms with Crippen LogP contribution in [0.15, 0.2) is 91.0 Å². The zero-order chi connectivity index (χ0) is 37.6. The van der Waals surface area contributed by atoms with Gasteiger partial charge in [0.15, 0.2) is 0 Å². The van der Waals surface area contributed by atoms with Crippen LogP contribution in [0.5, 0.6) is 5.75 Å². The number of amides is 4. The monoisotopic (exact) mass is 718 g/mol. The third kappa shape index (κ3) is 9.38. The highest BCUT2D eigenvalue weighted by molar-refractivity contribution is 6.06. The van der Waals surface area contributed by atoms with Gasteiger partial charge < -0.3 is 36.4 Å². The van der Waals surface area contributed by atoms with Gasteiger partial charge in [-0.3, -0.25) is 14.5 Å². The quantitative estimate of drug-likeness (QED) is 0.117. The van der Waals surface area contributed by atoms with Crippen molar-refractivity contribution < 1.29 is 37.4 Å². The van der Waals surface area contributed by atoms with Crippen molar-refractivity contribution in [1.29, 1.82) is 0 Å². The molecule has 0 bridgehead atoms. The summed E-state index contributed by atoms with van der Waals surface area (Å²) in [6, 6.07) is 21.7. The molecule has 0 spiro atoms. The molecule has 0 radical (unpaired) electrons. The van der Waals surface area contributed by atoms with Gasteiger partial charge in [-0.05, 0) is 86.3 Å². The number of urea groups is 1. The highest BCUT2D eigenvalue weighted by Gasteiger charge is 2.34. The van der Waals surface area contributed by atoms with Gasteiger partial charge in [0.05, 0.1) is 35.2 Å². The lowest BCUT2D eigenvalue weighted by molar-refractivity contribution is -0.137. The first kappa shape index (κ1) is 37.7. The molecule has 4 amide bonds. The Hall–Kier alpha value is -5.60. The number of para-hydroxylation sites is 2. The van der Waals surface area contributed by atoms with Crippen molar-refractivity contribution in [2.24, 2.45) is 5.92 Å². The number of carbonyl (C=O) groups is 3. The SMILES string of the molecule is C[C@H](CO)N1C[C@H](C)[C@@H](CN(C)Cc2ccc(C(=O)Nc3ccccc3N)cc2)Oc2ccc(NC(=O)Nc3ccc(C(F)(F)F)cc3)cc2C1=O. The molecule has 1 aliphatic rings. The van der Waals surface area contributed by atoms with E-state index in [-0.39, 0.29) is 47.4 Å². The minimum Gasteiger partial charge on any atom is -0.488 e. The summed E-state index contributed by atoms with van der Waals surface area (Å²) in [7, 11) is 1.94. The van der Waals surface area contributed by atoms with E-state index in [1.54, 1.807) is 60.4 Å². The van der Waals surface area contributed by atoms with Gasteiger partial charge in [0.1, 0.15) is 11.9 Å². The fourth-order valence-corrected chi connectivity index (χ4v) is 5.80. The number of carbonyl (C=O) groups excluding carboxylic acids is 3. The average molecular weight is 719 g/mol. The molecule has 0 fully saturated rings. The first-order valence-corrected chi connectivity index (χ1v) is 16.6. The number of nitrogens with two attached hydrogens (primary N) is 1. The highest BCUT2D eigenvalue weighted by Crippen LogP contribution is 2.32. The Bertz CT molecular complexity index is 1890. The number of hydrogen-bond donors (Lipinski definition) is 5. The van der Waals surface area contributed by atoms with Crippen LogP contribution in [0.4, 0.5) is 40.7 Å². The van der Waals surface area contributed by atoms with Gasteiger partial charge in [0.25, 0.3) is 11.8 Å². The molecule has 4 aromatic carbocycles. The standard InChI is InChI=1S/C38H41F3N6O5/c1-23-19-47(24(2)22-48)36(50)30-18-29(44-37(51)43-28-14-12-27(13-15-28)38(39,40)41)16-17-33(30)52-34(23)21-46(3)20-25-8-10-26(11-9-25)35(49)45-32-7-5-4-6-31(32)42/h4-18,23-24,34,48H,19-22,42H2,1-3H3,(H,45,49)(H2,43,44,51)/t23-,24+,34+/m0/s1. The summed E-state index contributed by atoms with van der Waals surface area (Å²) >= 11 is 0. The van der Waals surface area contributed by atoms with E-state index in [1.807, 2.05) is 26.1 Å². The number of aliphatic hydroxyl groups excluding tert-OH is 1. The van der Waals surface area contributed by atoms with Crippen LogP contribution in [0.1, 0.15) is 45.7 Å². The van der Waals surface area contributed by atoms with Crippen molar-refractivity contribution in [2.45, 2.75) is 38.7 Å². The van der Waals surface area contributed by atoms with Crippen molar-refractivity contribution in [3.05, 3.63) is 113 Å². The number of likely N-dealkylation sites (N-methyl/N-ethyl adjacent to an activating group) is 1. The topological polar surface area (TPSA) is 149 Å². The molecule has 0 aromatic heterocycles. The summed E-state index contributed by atoms with van der Waals surface area (Å²) in [5.41, 5.74) is 8.15. The average Bonchev–Trinajstić information content (AvgIpc) is 3.10. The van der Waals surface area contributed by atoms with Crippen LogP contribution in [-0.2, 0) is 12.7 Å². The fraction of sp³-hybridized carbons (Fsp3) is 0.289. The molecule has 14 heteroatoms. The minimum atomic E-state index is -4.50. The van der Waals surface area contributed by atoms with Crippen molar-refractivity contribution in [2.75, 3.05) is 48.4 Å². The molecule has 0 saturated carbocycles. The van der Waals surface area contributed by atoms with Crippen molar-refractivity contribution >= 4 is 40.6 Å². The maximum atomic E-state index is 13.8. The van der Waals surface area contributed by atoms with E-state index in [1.165, 1.54) is 6.07 Å². The van der Waals surface area contributed by atoms with Gasteiger partial charge in [0.2, 0.25) is 0 Å². The predicted molar refractivity (Wildman–Crippen MR) is 193 cm³/mol. The number of halogens is 3. The van der Waals surface area contributed by atoms with Gasteiger partial charge in [-0.2, -0.15) is 13.2 Å². The number of aliphatic hydroxyl groups is 1. The zero-order valence-corrected chi connectivity index (χ0v) is 28.9. The highest BCUT2D eigenvalue weighted by atomic mass is 19.4. The third-order valence-corrected chi connectivity index (χ3v) is 8.76. The number of nitrogens with zero attached hydrogens (tertiary/aromatic N) is 2. The van der Waals surface area contributed by atoms with Crippen molar-refractivity contribution in [1.82, 2.24) is 9.80 Å². The van der Waals surface area contributed by atoms with E-state index in [2.05, 4.69) is 20.9 Å². The summed E-state index contributed by atoms with van der Waals surface area (Å²) in [5, 5.41) is 17.9. The summed E-state index contributed by atoms with van der Waals surface area (Å²) in [6.07, 6.45) is -4.88. The Balaban J connectivity index is 1.27. The molecule has 52 heavy (non-hydrogen) atoms. The first-order valence-electron chi connectivity index (χ1n) is 16.6. The predicted octanol–water partition coefficient (Wildman–Crippen LogP) is 6.54. The van der Waals surface area contributed by atoms with Crippen molar-refractivity contribution in [3.63, 3.8) is 0 Å². The van der Waals surface area contributed by atoms with Crippen LogP contribution in [0.2, 0.25) is 0 Å². The number of alkyl halides is 3. The van der Waals surface area contributed by atoms with Gasteiger partial charge in [-0.1, -0.05) is 31.2 Å². The second kappa shape index (κ2) is 16.2. The number of benzene rings is 4. The number of hydrogen-bond acceptors (Lipinski definition) is 7. The summed E-state index contributed by atoms with van der Waals surface area (Å²) in [5.74, 6) is -0.505. The maximum Gasteiger partial charge on any atom is 0.416 e. The Morgan fingerprint density at radius 3 is 2.29 bits per heavy atom. The maximum absolute atomic E-state index is 13.8. The fourth-order valence-electron chi connectivity index (χ4n) is 5.80. The Labute approximate surface area is 299 Å². The van der Waals surface area contributed by atoms with Crippen molar-refractivity contribution in [3.8, 4) is 5.75 Å². The van der Waals surface area contributed by atoms with Gasteiger partial charge in [-0.25, -0.2) is 4.79 Å². The molecule has 274 valence electrons. The van der Waals surface area contributed by atoms with E-state index in [4.69, 9.17) is 10.5 Å². The van der Waals surface area contributed by atoms with E-state index in [0.717, 1.165) is 29.8 Å². The molecular weight excluding hydrogens is 677 g/mol. The molecule has 6 N–H and O–H groups in total. The van der Waals surface area contributed by atoms with Crippen LogP contribution in [0.25, 0.3) is 0 Å². The van der Waals surface area contributed by atoms with E-state index < -0.39 is 23.8 Å². The van der Waals surface area contributed by atoms with Gasteiger partial charge in [0, 0.05) is 42.5 Å². The summed E-state index contributed by atoms with van der Waals surface area (Å²) in [6.45, 7) is 4.76. The molecule has 11 nitrogen and oxygen atoms in total. The number of nitrogens with one attached hydrogen (secondary N) is 3. The number of ether oxygens (including phenoxy) is 1. The largest absolute Gasteiger partial charge is 0.488 e. The lowest BCUT2D eigenvalue weighted by Crippen LogP contribution is -2.49. The molecular formula is C38H41F3N6O5. The van der Waals surface area contributed by atoms with Crippen LogP contribution in [0, 0.1) is 5.92 Å². The minimum absolute atomic E-state index is 0.141. The molecule has 0 saturated heterocycles. The van der Waals surface area contributed by atoms with E-state index in [9.17, 15) is 32.7 Å². The van der Waals surface area contributed by atoms with Crippen LogP contribution < -0.4 is 26.4 Å². The Kier molecular flexibility index (Phi) is 11.7. The third-order valence-electron chi connectivity index (χ3n) is 8.76. The number of fused-ring (bicyclic) bond motifs is 1. The lowest BCUT2D eigenvalue weighted by atomic mass is 9.99. The second-order valence-electron chi connectivity index (χ2n) is 12.9. The van der Waals surface area contributed by atoms with E-state index >= 15 is 0 Å². The van der Waals surface area contributed by atoms with E-state index in [0.29, 0.717) is 42.3 Å². The molecule has 5 rings (SSSR count). The Morgan fingerprint density at radius 2 is 1.63 bits per heavy atom. The number of rotatable bonds is 10. The van der Waals surface area contributed by atoms with Crippen LogP contribution in [-0.4, -0.2) is 71.6 Å². The van der Waals surface area contributed by atoms with Crippen LogP contribution >= 0.6 is 0 Å². The smallest absolute Gasteiger partial charge is 0.416 e. The molecule has 0 unspecified atom stereocenters. The van der Waals surface area contributed by atoms with Gasteiger partial charge >= 0.3 is 12.2 Å². The molecule has 1 aliphatic heterocycles. The number of anilines is 4. The zero-order valence-electron chi connectivity index (χ0n) is 28.9. The summed E-state index contributed by atoms with van der Waals surface area (Å²) < 4.78 is 45.2. The molecule has 0 aliphatic carbocycles. The molecule has 4 aromatic rings. The molecule has 3 atom stereocenters. The summed E-state index contributed by atoms with van der Waals surface area (Å²) in [4.78, 5) is 43.0. The first-order chi connectivity index (χ1) is 24.7. The second-order valence-corrected chi connectivity index (χ2v) is 12.9. The van der Waals surface area contributed by atoms with Gasteiger partial charge in [-0.15, -0.1) is 0 Å². The lowest BCUT2D eigenvalue weighted by Gasteiger charge is -2.38. The molecule has 1 heterocycles. The normalized spacial score (nSPS) is 16.6. The van der Waals surface area contributed by atoms with Crippen LogP contribution in [0.3, 0.4) is 0 Å².